The van der Waals surface area contributed by atoms with E-state index in [-0.39, 0.29) is 103 Å². The van der Waals surface area contributed by atoms with E-state index in [1.54, 1.807) is 0 Å². The van der Waals surface area contributed by atoms with Gasteiger partial charge in [0.25, 0.3) is 0 Å². The number of hydrogen-bond acceptors (Lipinski definition) is 5. The summed E-state index contributed by atoms with van der Waals surface area (Å²) in [6.07, 6.45) is 0. The summed E-state index contributed by atoms with van der Waals surface area (Å²) in [6.45, 7) is 0. The predicted octanol–water partition coefficient (Wildman–Crippen LogP) is -3.85. The first-order valence-corrected chi connectivity index (χ1v) is 6.23. The van der Waals surface area contributed by atoms with E-state index in [0.717, 1.165) is 11.5 Å². The molecule has 5 nitrogen and oxygen atoms in total. The van der Waals surface area contributed by atoms with Gasteiger partial charge in [-0.25, -0.2) is 0 Å². The fraction of sp³-hybridized carbons (Fsp3) is 0. The molecule has 0 unspecified atom stereocenters. The molecule has 2 rings (SSSR count). The van der Waals surface area contributed by atoms with Gasteiger partial charge in [-0.3, -0.25) is 8.42 Å². The van der Waals surface area contributed by atoms with Crippen LogP contribution in [0.3, 0.4) is 0 Å². The minimum absolute atomic E-state index is 0. The van der Waals surface area contributed by atoms with Crippen LogP contribution in [0.5, 0.6) is 11.5 Å². The Morgan fingerprint density at radius 3 is 1.20 bits per heavy atom. The monoisotopic (exact) mass is 344 g/mol. The normalized spacial score (nSPS) is 9.10. The molecule has 0 atom stereocenters. The Kier molecular flexibility index (Phi) is 15.2. The predicted molar refractivity (Wildman–Crippen MR) is 63.4 cm³/mol. The molecule has 0 amide bonds. The Morgan fingerprint density at radius 1 is 0.700 bits per heavy atom. The molecule has 20 heavy (non-hydrogen) atoms. The Bertz CT molecular complexity index is 515. The maximum atomic E-state index is 8.52. The van der Waals surface area contributed by atoms with Crippen LogP contribution in [0, 0.1) is 0 Å². The fourth-order valence-electron chi connectivity index (χ4n) is 1.11. The second-order valence-corrected chi connectivity index (χ2v) is 3.95. The van der Waals surface area contributed by atoms with Gasteiger partial charge in [-0.15, -0.1) is 0 Å². The van der Waals surface area contributed by atoms with E-state index in [9.17, 15) is 0 Å². The zero-order chi connectivity index (χ0) is 13.4. The molecule has 0 aliphatic heterocycles. The van der Waals surface area contributed by atoms with Crippen molar-refractivity contribution in [2.75, 3.05) is 0 Å². The average Bonchev–Trinajstić information content (AvgIpc) is 2.29. The quantitative estimate of drug-likeness (QED) is 0.316. The molecule has 2 aromatic carbocycles. The minimum atomic E-state index is -5.17. The smallest absolute Gasteiger partial charge is 0.759 e. The molecule has 0 aliphatic carbocycles. The molecule has 8 heteroatoms. The number of hydrogen-bond donors (Lipinski definition) is 0. The summed E-state index contributed by atoms with van der Waals surface area (Å²) in [4.78, 5) is 0. The van der Waals surface area contributed by atoms with Crippen molar-refractivity contribution in [3.05, 3.63) is 60.7 Å². The van der Waals surface area contributed by atoms with E-state index in [1.165, 1.54) is 0 Å². The summed E-state index contributed by atoms with van der Waals surface area (Å²) in [5.41, 5.74) is 0. The van der Waals surface area contributed by atoms with Crippen molar-refractivity contribution in [3.63, 3.8) is 0 Å². The van der Waals surface area contributed by atoms with E-state index in [0.29, 0.717) is 0 Å². The summed E-state index contributed by atoms with van der Waals surface area (Å²) < 4.78 is 39.7. The van der Waals surface area contributed by atoms with Crippen LogP contribution in [0.15, 0.2) is 60.7 Å². The van der Waals surface area contributed by atoms with Gasteiger partial charge in [0, 0.05) is 10.4 Å². The van der Waals surface area contributed by atoms with Gasteiger partial charge in [-0.2, -0.15) is 0 Å². The van der Waals surface area contributed by atoms with Gasteiger partial charge < -0.3 is 13.8 Å². The van der Waals surface area contributed by atoms with E-state index in [2.05, 4.69) is 0 Å². The van der Waals surface area contributed by atoms with Crippen molar-refractivity contribution in [1.82, 2.24) is 0 Å². The summed E-state index contributed by atoms with van der Waals surface area (Å²) in [5, 5.41) is 0. The van der Waals surface area contributed by atoms with Crippen LogP contribution in [0.25, 0.3) is 0 Å². The minimum Gasteiger partial charge on any atom is -0.759 e. The molecule has 0 N–H and O–H groups in total. The van der Waals surface area contributed by atoms with Crippen molar-refractivity contribution in [2.45, 2.75) is 0 Å². The molecule has 0 radical (unpaired) electrons. The molecule has 0 fully saturated rings. The van der Waals surface area contributed by atoms with Gasteiger partial charge in [0.1, 0.15) is 11.5 Å². The topological polar surface area (TPSA) is 89.5 Å². The van der Waals surface area contributed by atoms with Gasteiger partial charge in [0.05, 0.1) is 0 Å². The average molecular weight is 344 g/mol. The third-order valence-corrected chi connectivity index (χ3v) is 1.72. The molecular formula is C12H10K2O5S. The first-order valence-electron chi connectivity index (χ1n) is 4.90. The molecule has 0 heterocycles. The largest absolute Gasteiger partial charge is 1.00 e. The fourth-order valence-corrected chi connectivity index (χ4v) is 1.11. The van der Waals surface area contributed by atoms with Crippen LogP contribution in [-0.4, -0.2) is 17.5 Å². The van der Waals surface area contributed by atoms with Crippen LogP contribution >= 0.6 is 0 Å². The van der Waals surface area contributed by atoms with E-state index in [1.807, 2.05) is 60.7 Å². The summed E-state index contributed by atoms with van der Waals surface area (Å²) in [7, 11) is -5.17. The first kappa shape index (κ1) is 23.6. The van der Waals surface area contributed by atoms with Crippen molar-refractivity contribution in [2.24, 2.45) is 0 Å². The van der Waals surface area contributed by atoms with Crippen LogP contribution in [0.1, 0.15) is 0 Å². The standard InChI is InChI=1S/C12H10O.2K.H2O4S/c1-3-7-11(8-4-1)13-12-9-5-2-6-10-12;;;1-5(2,3)4/h1-10H;;;(H2,1,2,3,4)/q;2*+1;/p-2. The maximum Gasteiger partial charge on any atom is 1.00 e. The van der Waals surface area contributed by atoms with E-state index >= 15 is 0 Å². The van der Waals surface area contributed by atoms with Gasteiger partial charge in [-0.05, 0) is 24.3 Å². The van der Waals surface area contributed by atoms with Gasteiger partial charge in [0.15, 0.2) is 0 Å². The Balaban J connectivity index is 0. The van der Waals surface area contributed by atoms with Gasteiger partial charge in [0.2, 0.25) is 0 Å². The maximum absolute atomic E-state index is 8.52. The van der Waals surface area contributed by atoms with Crippen molar-refractivity contribution < 1.29 is 125 Å². The third-order valence-electron chi connectivity index (χ3n) is 1.72. The molecule has 2 aromatic rings. The van der Waals surface area contributed by atoms with Crippen molar-refractivity contribution in [1.29, 1.82) is 0 Å². The van der Waals surface area contributed by atoms with E-state index < -0.39 is 10.4 Å². The van der Waals surface area contributed by atoms with Crippen LogP contribution in [0.2, 0.25) is 0 Å². The Labute approximate surface area is 203 Å². The number of ether oxygens (including phenoxy) is 1. The molecule has 96 valence electrons. The number of para-hydroxylation sites is 2. The van der Waals surface area contributed by atoms with Crippen LogP contribution < -0.4 is 108 Å². The number of benzene rings is 2. The summed E-state index contributed by atoms with van der Waals surface area (Å²) in [5.74, 6) is 1.74. The second kappa shape index (κ2) is 12.9. The van der Waals surface area contributed by atoms with Crippen molar-refractivity contribution in [3.8, 4) is 11.5 Å². The molecule has 0 bridgehead atoms. The third kappa shape index (κ3) is 14.3. The van der Waals surface area contributed by atoms with Gasteiger partial charge >= 0.3 is 103 Å². The summed E-state index contributed by atoms with van der Waals surface area (Å²) in [6, 6.07) is 19.5. The van der Waals surface area contributed by atoms with Crippen LogP contribution in [-0.2, 0) is 10.4 Å². The molecular weight excluding hydrogens is 334 g/mol. The molecule has 0 saturated carbocycles. The van der Waals surface area contributed by atoms with E-state index in [4.69, 9.17) is 22.3 Å². The molecule has 0 aromatic heterocycles. The zero-order valence-corrected chi connectivity index (χ0v) is 18.3. The SMILES string of the molecule is O=S(=O)([O-])[O-].[K+].[K+].c1ccc(Oc2ccccc2)cc1. The first-order chi connectivity index (χ1) is 8.45. The van der Waals surface area contributed by atoms with Crippen molar-refractivity contribution >= 4 is 10.4 Å². The second-order valence-electron chi connectivity index (χ2n) is 3.14. The zero-order valence-electron chi connectivity index (χ0n) is 11.2. The Morgan fingerprint density at radius 2 is 0.950 bits per heavy atom. The summed E-state index contributed by atoms with van der Waals surface area (Å²) >= 11 is 0. The molecule has 0 saturated heterocycles. The Hall–Kier alpha value is 1.38. The number of rotatable bonds is 2. The molecule has 0 spiro atoms. The van der Waals surface area contributed by atoms with Crippen LogP contribution in [0.4, 0.5) is 0 Å². The van der Waals surface area contributed by atoms with Gasteiger partial charge in [-0.1, -0.05) is 36.4 Å². The molecule has 0 aliphatic rings.